The van der Waals surface area contributed by atoms with Crippen LogP contribution in [0.5, 0.6) is 0 Å². The number of rotatable bonds is 7. The van der Waals surface area contributed by atoms with Crippen molar-refractivity contribution in [2.24, 2.45) is 5.73 Å². The maximum atomic E-state index is 11.8. The molecule has 0 unspecified atom stereocenters. The first-order chi connectivity index (χ1) is 9.69. The Morgan fingerprint density at radius 2 is 2.45 bits per heavy atom. The minimum atomic E-state index is -0.250. The van der Waals surface area contributed by atoms with Gasteiger partial charge in [-0.2, -0.15) is 0 Å². The molecule has 2 heterocycles. The van der Waals surface area contributed by atoms with E-state index in [0.29, 0.717) is 30.5 Å². The van der Waals surface area contributed by atoms with Crippen LogP contribution in [0.4, 0.5) is 0 Å². The Kier molecular flexibility index (Phi) is 5.07. The Morgan fingerprint density at radius 1 is 1.60 bits per heavy atom. The Labute approximate surface area is 119 Å². The zero-order valence-electron chi connectivity index (χ0n) is 11.0. The highest BCUT2D eigenvalue weighted by atomic mass is 32.2. The monoisotopic (exact) mass is 296 g/mol. The van der Waals surface area contributed by atoms with Gasteiger partial charge in [0, 0.05) is 18.8 Å². The number of nitrogens with one attached hydrogen (secondary N) is 2. The number of H-pyrrole nitrogens is 1. The molecule has 0 aliphatic carbocycles. The summed E-state index contributed by atoms with van der Waals surface area (Å²) in [7, 11) is 0. The van der Waals surface area contributed by atoms with E-state index in [0.717, 1.165) is 5.82 Å². The standard InChI is InChI=1S/C10H16N8OS/c1-7-13-10(16-14-7)20-5-3-12-9(19)8-6-18(4-2-11)17-15-8/h6H,2-5,11H2,1H3,(H,12,19)(H,13,14,16). The summed E-state index contributed by atoms with van der Waals surface area (Å²) in [5, 5.41) is 17.8. The zero-order valence-corrected chi connectivity index (χ0v) is 11.9. The minimum absolute atomic E-state index is 0.250. The van der Waals surface area contributed by atoms with E-state index in [9.17, 15) is 4.79 Å². The van der Waals surface area contributed by atoms with Crippen molar-refractivity contribution in [3.8, 4) is 0 Å². The molecular formula is C10H16N8OS. The second kappa shape index (κ2) is 7.01. The molecule has 108 valence electrons. The number of carbonyl (C=O) groups excluding carboxylic acids is 1. The lowest BCUT2D eigenvalue weighted by atomic mass is 10.4. The summed E-state index contributed by atoms with van der Waals surface area (Å²) in [4.78, 5) is 15.9. The van der Waals surface area contributed by atoms with Crippen LogP contribution in [0, 0.1) is 6.92 Å². The van der Waals surface area contributed by atoms with Gasteiger partial charge in [0.2, 0.25) is 5.16 Å². The van der Waals surface area contributed by atoms with E-state index in [-0.39, 0.29) is 11.6 Å². The van der Waals surface area contributed by atoms with Crippen LogP contribution >= 0.6 is 11.8 Å². The first-order valence-corrected chi connectivity index (χ1v) is 7.08. The smallest absolute Gasteiger partial charge is 0.273 e. The predicted octanol–water partition coefficient (Wildman–Crippen LogP) is -0.815. The molecule has 0 aromatic carbocycles. The molecule has 0 saturated carbocycles. The van der Waals surface area contributed by atoms with Crippen molar-refractivity contribution in [1.29, 1.82) is 0 Å². The summed E-state index contributed by atoms with van der Waals surface area (Å²) in [6, 6.07) is 0. The SMILES string of the molecule is Cc1nc(SCCNC(=O)c2cn(CCN)nn2)n[nH]1. The molecule has 4 N–H and O–H groups in total. The fraction of sp³-hybridized carbons (Fsp3) is 0.500. The van der Waals surface area contributed by atoms with Crippen LogP contribution in [0.2, 0.25) is 0 Å². The number of nitrogens with zero attached hydrogens (tertiary/aromatic N) is 5. The van der Waals surface area contributed by atoms with Gasteiger partial charge in [-0.3, -0.25) is 14.6 Å². The number of carbonyl (C=O) groups is 1. The van der Waals surface area contributed by atoms with Crippen LogP contribution < -0.4 is 11.1 Å². The highest BCUT2D eigenvalue weighted by Gasteiger charge is 2.10. The predicted molar refractivity (Wildman–Crippen MR) is 73.3 cm³/mol. The normalized spacial score (nSPS) is 10.7. The van der Waals surface area contributed by atoms with Crippen LogP contribution in [0.15, 0.2) is 11.4 Å². The third-order valence-corrected chi connectivity index (χ3v) is 3.17. The quantitative estimate of drug-likeness (QED) is 0.450. The molecular weight excluding hydrogens is 280 g/mol. The third kappa shape index (κ3) is 4.03. The van der Waals surface area contributed by atoms with Gasteiger partial charge >= 0.3 is 0 Å². The van der Waals surface area contributed by atoms with Crippen LogP contribution in [0.1, 0.15) is 16.3 Å². The van der Waals surface area contributed by atoms with Crippen molar-refractivity contribution in [3.63, 3.8) is 0 Å². The molecule has 0 aliphatic heterocycles. The molecule has 0 saturated heterocycles. The molecule has 10 heteroatoms. The Hall–Kier alpha value is -1.94. The summed E-state index contributed by atoms with van der Waals surface area (Å²) in [5.74, 6) is 1.20. The Balaban J connectivity index is 1.71. The number of aryl methyl sites for hydroxylation is 1. The molecule has 0 fully saturated rings. The van der Waals surface area contributed by atoms with Gasteiger partial charge in [-0.1, -0.05) is 17.0 Å². The van der Waals surface area contributed by atoms with Gasteiger partial charge in [-0.25, -0.2) is 4.98 Å². The summed E-state index contributed by atoms with van der Waals surface area (Å²) in [6.07, 6.45) is 1.58. The van der Waals surface area contributed by atoms with E-state index in [1.807, 2.05) is 6.92 Å². The molecule has 2 rings (SSSR count). The van der Waals surface area contributed by atoms with Crippen molar-refractivity contribution in [3.05, 3.63) is 17.7 Å². The first-order valence-electron chi connectivity index (χ1n) is 6.09. The van der Waals surface area contributed by atoms with Crippen molar-refractivity contribution >= 4 is 17.7 Å². The van der Waals surface area contributed by atoms with E-state index in [2.05, 4.69) is 30.8 Å². The molecule has 0 spiro atoms. The molecule has 2 aromatic rings. The van der Waals surface area contributed by atoms with Crippen molar-refractivity contribution < 1.29 is 4.79 Å². The molecule has 0 radical (unpaired) electrons. The first kappa shape index (κ1) is 14.5. The maximum Gasteiger partial charge on any atom is 0.273 e. The van der Waals surface area contributed by atoms with Gasteiger partial charge in [-0.05, 0) is 6.92 Å². The third-order valence-electron chi connectivity index (χ3n) is 2.32. The molecule has 9 nitrogen and oxygen atoms in total. The topological polar surface area (TPSA) is 127 Å². The molecule has 0 bridgehead atoms. The summed E-state index contributed by atoms with van der Waals surface area (Å²) in [6.45, 7) is 3.34. The number of hydrogen-bond acceptors (Lipinski definition) is 7. The van der Waals surface area contributed by atoms with Gasteiger partial charge in [0.1, 0.15) is 5.82 Å². The number of nitrogens with two attached hydrogens (primary N) is 1. The van der Waals surface area contributed by atoms with Crippen LogP contribution in [0.25, 0.3) is 0 Å². The Bertz CT molecular complexity index is 565. The van der Waals surface area contributed by atoms with E-state index < -0.39 is 0 Å². The molecule has 0 atom stereocenters. The van der Waals surface area contributed by atoms with Gasteiger partial charge in [0.05, 0.1) is 12.7 Å². The van der Waals surface area contributed by atoms with Crippen molar-refractivity contribution in [1.82, 2.24) is 35.5 Å². The number of aromatic nitrogens is 6. The van der Waals surface area contributed by atoms with Crippen molar-refractivity contribution in [2.75, 3.05) is 18.8 Å². The lowest BCUT2D eigenvalue weighted by molar-refractivity contribution is 0.0951. The van der Waals surface area contributed by atoms with Crippen LogP contribution in [0.3, 0.4) is 0 Å². The average molecular weight is 296 g/mol. The fourth-order valence-corrected chi connectivity index (χ4v) is 2.13. The highest BCUT2D eigenvalue weighted by Crippen LogP contribution is 2.10. The van der Waals surface area contributed by atoms with Crippen LogP contribution in [-0.4, -0.2) is 54.9 Å². The Morgan fingerprint density at radius 3 is 3.15 bits per heavy atom. The fourth-order valence-electron chi connectivity index (χ4n) is 1.43. The second-order valence-corrected chi connectivity index (χ2v) is 5.03. The lowest BCUT2D eigenvalue weighted by Gasteiger charge is -2.00. The van der Waals surface area contributed by atoms with Gasteiger partial charge in [0.15, 0.2) is 5.69 Å². The second-order valence-electron chi connectivity index (χ2n) is 3.96. The number of thioether (sulfide) groups is 1. The minimum Gasteiger partial charge on any atom is -0.350 e. The van der Waals surface area contributed by atoms with Crippen LogP contribution in [-0.2, 0) is 6.54 Å². The average Bonchev–Trinajstić information content (AvgIpc) is 3.04. The summed E-state index contributed by atoms with van der Waals surface area (Å²) >= 11 is 1.47. The van der Waals surface area contributed by atoms with E-state index >= 15 is 0 Å². The van der Waals surface area contributed by atoms with E-state index in [1.54, 1.807) is 10.9 Å². The molecule has 20 heavy (non-hydrogen) atoms. The van der Waals surface area contributed by atoms with Gasteiger partial charge < -0.3 is 11.1 Å². The van der Waals surface area contributed by atoms with E-state index in [1.165, 1.54) is 11.8 Å². The lowest BCUT2D eigenvalue weighted by Crippen LogP contribution is -2.26. The molecule has 2 aromatic heterocycles. The summed E-state index contributed by atoms with van der Waals surface area (Å²) in [5.41, 5.74) is 5.68. The van der Waals surface area contributed by atoms with Gasteiger partial charge in [-0.15, -0.1) is 10.2 Å². The number of aromatic amines is 1. The summed E-state index contributed by atoms with van der Waals surface area (Å²) < 4.78 is 1.54. The molecule has 0 aliphatic rings. The molecule has 1 amide bonds. The number of hydrogen-bond donors (Lipinski definition) is 3. The van der Waals surface area contributed by atoms with Gasteiger partial charge in [0.25, 0.3) is 5.91 Å². The number of amides is 1. The van der Waals surface area contributed by atoms with E-state index in [4.69, 9.17) is 5.73 Å². The maximum absolute atomic E-state index is 11.8. The highest BCUT2D eigenvalue weighted by molar-refractivity contribution is 7.99. The zero-order chi connectivity index (χ0) is 14.4. The largest absolute Gasteiger partial charge is 0.350 e. The van der Waals surface area contributed by atoms with Crippen molar-refractivity contribution in [2.45, 2.75) is 18.6 Å².